The van der Waals surface area contributed by atoms with Gasteiger partial charge in [-0.1, -0.05) is 23.2 Å². The summed E-state index contributed by atoms with van der Waals surface area (Å²) < 4.78 is 7.56. The molecule has 0 aliphatic rings. The van der Waals surface area contributed by atoms with Gasteiger partial charge in [0.2, 0.25) is 0 Å². The number of nitrogens with zero attached hydrogens (tertiary/aromatic N) is 2. The van der Waals surface area contributed by atoms with E-state index < -0.39 is 0 Å². The Labute approximate surface area is 161 Å². The van der Waals surface area contributed by atoms with Crippen molar-refractivity contribution in [3.05, 3.63) is 51.8 Å². The van der Waals surface area contributed by atoms with Crippen LogP contribution < -0.4 is 10.1 Å². The monoisotopic (exact) mass is 391 g/mol. The van der Waals surface area contributed by atoms with Crippen molar-refractivity contribution in [2.45, 2.75) is 27.3 Å². The number of ether oxygens (including phenoxy) is 1. The largest absolute Gasteiger partial charge is 0.494 e. The zero-order valence-corrected chi connectivity index (χ0v) is 16.3. The summed E-state index contributed by atoms with van der Waals surface area (Å²) in [5.41, 5.74) is 2.43. The standard InChI is InChI=1S/C19H19Cl2N3O2/c1-4-24-16-7-6-13(26-5-2)9-14(16)11(3)17(24)19(25)23-18-15(21)8-12(20)10-22-18/h6-10H,4-5H2,1-3H3,(H,22,23,25). The van der Waals surface area contributed by atoms with Crippen LogP contribution in [0.3, 0.4) is 0 Å². The molecule has 3 rings (SSSR count). The molecule has 26 heavy (non-hydrogen) atoms. The average molecular weight is 392 g/mol. The normalized spacial score (nSPS) is 11.0. The molecule has 5 nitrogen and oxygen atoms in total. The first kappa shape index (κ1) is 18.5. The predicted molar refractivity (Wildman–Crippen MR) is 106 cm³/mol. The maximum absolute atomic E-state index is 12.9. The molecule has 1 amide bonds. The lowest BCUT2D eigenvalue weighted by molar-refractivity contribution is 0.101. The lowest BCUT2D eigenvalue weighted by Gasteiger charge is -2.10. The maximum Gasteiger partial charge on any atom is 0.273 e. The highest BCUT2D eigenvalue weighted by molar-refractivity contribution is 6.36. The van der Waals surface area contributed by atoms with Crippen LogP contribution >= 0.6 is 23.2 Å². The van der Waals surface area contributed by atoms with E-state index >= 15 is 0 Å². The Morgan fingerprint density at radius 2 is 2.04 bits per heavy atom. The molecule has 0 spiro atoms. The Balaban J connectivity index is 2.05. The summed E-state index contributed by atoms with van der Waals surface area (Å²) in [6.45, 7) is 7.11. The Kier molecular flexibility index (Phi) is 5.39. The molecule has 2 aromatic heterocycles. The van der Waals surface area contributed by atoms with Crippen molar-refractivity contribution in [3.63, 3.8) is 0 Å². The summed E-state index contributed by atoms with van der Waals surface area (Å²) >= 11 is 12.0. The van der Waals surface area contributed by atoms with Crippen molar-refractivity contribution < 1.29 is 9.53 Å². The van der Waals surface area contributed by atoms with Gasteiger partial charge in [-0.3, -0.25) is 4.79 Å². The minimum Gasteiger partial charge on any atom is -0.494 e. The van der Waals surface area contributed by atoms with Crippen molar-refractivity contribution in [3.8, 4) is 5.75 Å². The first-order valence-electron chi connectivity index (χ1n) is 8.34. The number of carbonyl (C=O) groups is 1. The van der Waals surface area contributed by atoms with Crippen LogP contribution in [0.5, 0.6) is 5.75 Å². The number of fused-ring (bicyclic) bond motifs is 1. The van der Waals surface area contributed by atoms with E-state index in [9.17, 15) is 4.79 Å². The molecule has 0 unspecified atom stereocenters. The highest BCUT2D eigenvalue weighted by Gasteiger charge is 2.21. The van der Waals surface area contributed by atoms with Crippen LogP contribution in [0, 0.1) is 6.92 Å². The van der Waals surface area contributed by atoms with Crippen molar-refractivity contribution in [2.75, 3.05) is 11.9 Å². The highest BCUT2D eigenvalue weighted by Crippen LogP contribution is 2.30. The summed E-state index contributed by atoms with van der Waals surface area (Å²) in [5.74, 6) is 0.796. The molecule has 1 aromatic carbocycles. The van der Waals surface area contributed by atoms with Gasteiger partial charge in [0.1, 0.15) is 11.4 Å². The lowest BCUT2D eigenvalue weighted by Crippen LogP contribution is -2.18. The van der Waals surface area contributed by atoms with E-state index in [1.165, 1.54) is 6.20 Å². The Hall–Kier alpha value is -2.24. The summed E-state index contributed by atoms with van der Waals surface area (Å²) in [6.07, 6.45) is 1.44. The lowest BCUT2D eigenvalue weighted by atomic mass is 10.1. The van der Waals surface area contributed by atoms with Crippen LogP contribution in [0.15, 0.2) is 30.5 Å². The molecular weight excluding hydrogens is 373 g/mol. The molecular formula is C19H19Cl2N3O2. The summed E-state index contributed by atoms with van der Waals surface area (Å²) in [4.78, 5) is 17.0. The summed E-state index contributed by atoms with van der Waals surface area (Å²) in [5, 5.41) is 4.47. The number of anilines is 1. The number of halogens is 2. The van der Waals surface area contributed by atoms with Gasteiger partial charge in [0.05, 0.1) is 16.7 Å². The Bertz CT molecular complexity index is 983. The second-order valence-corrected chi connectivity index (χ2v) is 6.61. The first-order valence-corrected chi connectivity index (χ1v) is 9.09. The van der Waals surface area contributed by atoms with Crippen LogP contribution in [0.1, 0.15) is 29.9 Å². The second kappa shape index (κ2) is 7.56. The van der Waals surface area contributed by atoms with Crippen molar-refractivity contribution in [1.82, 2.24) is 9.55 Å². The molecule has 0 saturated heterocycles. The number of amides is 1. The highest BCUT2D eigenvalue weighted by atomic mass is 35.5. The zero-order valence-electron chi connectivity index (χ0n) is 14.8. The van der Waals surface area contributed by atoms with E-state index in [2.05, 4.69) is 10.3 Å². The van der Waals surface area contributed by atoms with E-state index in [1.807, 2.05) is 43.5 Å². The van der Waals surface area contributed by atoms with Gasteiger partial charge in [-0.05, 0) is 50.6 Å². The van der Waals surface area contributed by atoms with E-state index in [1.54, 1.807) is 6.07 Å². The molecule has 0 radical (unpaired) electrons. The van der Waals surface area contributed by atoms with Crippen LogP contribution in [0.4, 0.5) is 5.82 Å². The molecule has 7 heteroatoms. The van der Waals surface area contributed by atoms with Gasteiger partial charge < -0.3 is 14.6 Å². The van der Waals surface area contributed by atoms with Crippen molar-refractivity contribution in [2.24, 2.45) is 0 Å². The SMILES string of the molecule is CCOc1ccc2c(c1)c(C)c(C(=O)Nc1ncc(Cl)cc1Cl)n2CC. The van der Waals surface area contributed by atoms with Crippen molar-refractivity contribution >= 4 is 45.8 Å². The van der Waals surface area contributed by atoms with Crippen LogP contribution in [-0.2, 0) is 6.54 Å². The molecule has 0 bridgehead atoms. The van der Waals surface area contributed by atoms with E-state index in [-0.39, 0.29) is 11.7 Å². The fourth-order valence-corrected chi connectivity index (χ4v) is 3.48. The Morgan fingerprint density at radius 3 is 2.69 bits per heavy atom. The van der Waals surface area contributed by atoms with Gasteiger partial charge in [0, 0.05) is 23.6 Å². The molecule has 0 atom stereocenters. The number of hydrogen-bond acceptors (Lipinski definition) is 3. The van der Waals surface area contributed by atoms with E-state index in [4.69, 9.17) is 27.9 Å². The Morgan fingerprint density at radius 1 is 1.27 bits per heavy atom. The van der Waals surface area contributed by atoms with E-state index in [0.29, 0.717) is 28.9 Å². The number of rotatable bonds is 5. The van der Waals surface area contributed by atoms with Crippen LogP contribution in [0.25, 0.3) is 10.9 Å². The smallest absolute Gasteiger partial charge is 0.273 e. The number of benzene rings is 1. The first-order chi connectivity index (χ1) is 12.5. The number of hydrogen-bond donors (Lipinski definition) is 1. The van der Waals surface area contributed by atoms with Gasteiger partial charge >= 0.3 is 0 Å². The molecule has 0 aliphatic heterocycles. The minimum atomic E-state index is -0.268. The second-order valence-electron chi connectivity index (χ2n) is 5.77. The third-order valence-electron chi connectivity index (χ3n) is 4.17. The van der Waals surface area contributed by atoms with Gasteiger partial charge in [-0.15, -0.1) is 0 Å². The number of carbonyl (C=O) groups excluding carboxylic acids is 1. The fraction of sp³-hybridized carbons (Fsp3) is 0.263. The molecule has 0 fully saturated rings. The number of aryl methyl sites for hydroxylation is 2. The summed E-state index contributed by atoms with van der Waals surface area (Å²) in [7, 11) is 0. The van der Waals surface area contributed by atoms with Gasteiger partial charge in [-0.2, -0.15) is 0 Å². The summed E-state index contributed by atoms with van der Waals surface area (Å²) in [6, 6.07) is 7.39. The molecule has 0 aliphatic carbocycles. The van der Waals surface area contributed by atoms with Gasteiger partial charge in [0.25, 0.3) is 5.91 Å². The van der Waals surface area contributed by atoms with E-state index in [0.717, 1.165) is 22.2 Å². The topological polar surface area (TPSA) is 56.1 Å². The molecule has 2 heterocycles. The maximum atomic E-state index is 12.9. The van der Waals surface area contributed by atoms with Crippen LogP contribution in [0.2, 0.25) is 10.0 Å². The van der Waals surface area contributed by atoms with Crippen molar-refractivity contribution in [1.29, 1.82) is 0 Å². The number of aromatic nitrogens is 2. The third kappa shape index (κ3) is 3.37. The molecule has 3 aromatic rings. The molecule has 0 saturated carbocycles. The average Bonchev–Trinajstić information content (AvgIpc) is 2.89. The quantitative estimate of drug-likeness (QED) is 0.639. The predicted octanol–water partition coefficient (Wildman–Crippen LogP) is 5.32. The minimum absolute atomic E-state index is 0.268. The zero-order chi connectivity index (χ0) is 18.8. The number of nitrogens with one attached hydrogen (secondary N) is 1. The van der Waals surface area contributed by atoms with Gasteiger partial charge in [0.15, 0.2) is 5.82 Å². The van der Waals surface area contributed by atoms with Gasteiger partial charge in [-0.25, -0.2) is 4.98 Å². The number of pyridine rings is 1. The third-order valence-corrected chi connectivity index (χ3v) is 4.66. The molecule has 136 valence electrons. The van der Waals surface area contributed by atoms with Crippen LogP contribution in [-0.4, -0.2) is 22.1 Å². The fourth-order valence-electron chi connectivity index (χ4n) is 3.05. The molecule has 1 N–H and O–H groups in total.